The molecule has 0 aromatic heterocycles. The minimum atomic E-state index is -3.78. The number of aryl methyl sites for hydroxylation is 4. The van der Waals surface area contributed by atoms with Crippen molar-refractivity contribution in [2.45, 2.75) is 100 Å². The summed E-state index contributed by atoms with van der Waals surface area (Å²) in [5, 5.41) is 1.03. The second-order valence-corrected chi connectivity index (χ2v) is 16.2. The third kappa shape index (κ3) is 34.5. The molecular formula is C41H67Cl3O8S3. The van der Waals surface area contributed by atoms with Crippen LogP contribution in [0.1, 0.15) is 85.1 Å². The Morgan fingerprint density at radius 2 is 0.818 bits per heavy atom. The average Bonchev–Trinajstić information content (AvgIpc) is 3.15. The van der Waals surface area contributed by atoms with Gasteiger partial charge >= 0.3 is 0 Å². The Bertz CT molecular complexity index is 1800. The minimum Gasteiger partial charge on any atom is -0.274 e. The quantitative estimate of drug-likeness (QED) is 0.186. The molecule has 8 nitrogen and oxygen atoms in total. The third-order valence-electron chi connectivity index (χ3n) is 5.44. The predicted octanol–water partition coefficient (Wildman–Crippen LogP) is 13.0. The van der Waals surface area contributed by atoms with E-state index in [0.717, 1.165) is 26.0 Å². The van der Waals surface area contributed by atoms with Gasteiger partial charge < -0.3 is 0 Å². The second-order valence-electron chi connectivity index (χ2n) is 9.52. The largest absolute Gasteiger partial charge is 0.298 e. The number of benzene rings is 4. The molecule has 0 fully saturated rings. The van der Waals surface area contributed by atoms with Gasteiger partial charge in [0.25, 0.3) is 20.2 Å². The molecule has 0 heterocycles. The maximum absolute atomic E-state index is 11.3. The van der Waals surface area contributed by atoms with Gasteiger partial charge in [-0.2, -0.15) is 16.8 Å². The van der Waals surface area contributed by atoms with Crippen LogP contribution in [0.3, 0.4) is 0 Å². The van der Waals surface area contributed by atoms with Gasteiger partial charge in [0.15, 0.2) is 9.84 Å². The zero-order valence-corrected chi connectivity index (χ0v) is 39.5. The maximum atomic E-state index is 11.3. The summed E-state index contributed by atoms with van der Waals surface area (Å²) in [4.78, 5) is 0.196. The van der Waals surface area contributed by atoms with Gasteiger partial charge in [-0.3, -0.25) is 8.37 Å². The van der Waals surface area contributed by atoms with Gasteiger partial charge in [-0.25, -0.2) is 8.42 Å². The van der Waals surface area contributed by atoms with Crippen LogP contribution in [0.2, 0.25) is 15.1 Å². The van der Waals surface area contributed by atoms with Crippen molar-refractivity contribution in [1.82, 2.24) is 0 Å². The lowest BCUT2D eigenvalue weighted by Crippen LogP contribution is -2.03. The summed E-state index contributed by atoms with van der Waals surface area (Å²) in [6.45, 7) is 23.7. The first-order valence-electron chi connectivity index (χ1n) is 17.2. The Hall–Kier alpha value is -2.48. The van der Waals surface area contributed by atoms with E-state index in [1.807, 2.05) is 91.8 Å². The number of halogens is 3. The monoisotopic (exact) mass is 888 g/mol. The van der Waals surface area contributed by atoms with E-state index in [9.17, 15) is 25.3 Å². The Labute approximate surface area is 351 Å². The molecule has 0 aliphatic rings. The molecule has 0 bridgehead atoms. The molecule has 4 aromatic rings. The third-order valence-corrected chi connectivity index (χ3v) is 9.73. The number of rotatable bonds is 4. The SMILES string of the molecule is C.CC.CC.CC.CC.COS(=O)(=O)c1cc(Cl)c(C)cc1Cl.COS(C)(=O)=O.Cc1cc(S(C)(=O)=O)ccc1Cl.Cc1ccccc1.Cc1ccccc1. The zero-order valence-electron chi connectivity index (χ0n) is 34.8. The van der Waals surface area contributed by atoms with E-state index in [4.69, 9.17) is 34.8 Å². The van der Waals surface area contributed by atoms with Crippen molar-refractivity contribution < 1.29 is 33.6 Å². The summed E-state index contributed by atoms with van der Waals surface area (Å²) in [7, 11) is -7.86. The molecule has 0 amide bonds. The molecule has 318 valence electrons. The molecule has 4 aromatic carbocycles. The van der Waals surface area contributed by atoms with Crippen molar-refractivity contribution in [3.05, 3.63) is 128 Å². The molecule has 0 spiro atoms. The van der Waals surface area contributed by atoms with Gasteiger partial charge in [0, 0.05) is 16.3 Å². The highest BCUT2D eigenvalue weighted by atomic mass is 35.5. The Balaban J connectivity index is -0.000000133. The molecular weight excluding hydrogens is 823 g/mol. The van der Waals surface area contributed by atoms with Gasteiger partial charge in [0.2, 0.25) is 0 Å². The Morgan fingerprint density at radius 3 is 1.07 bits per heavy atom. The van der Waals surface area contributed by atoms with Crippen LogP contribution >= 0.6 is 34.8 Å². The lowest BCUT2D eigenvalue weighted by molar-refractivity contribution is 0.397. The van der Waals surface area contributed by atoms with Crippen LogP contribution in [0.5, 0.6) is 0 Å². The summed E-state index contributed by atoms with van der Waals surface area (Å²) in [6.07, 6.45) is 2.17. The lowest BCUT2D eigenvalue weighted by Gasteiger charge is -2.06. The van der Waals surface area contributed by atoms with Crippen LogP contribution in [-0.2, 0) is 38.4 Å². The molecule has 0 saturated heterocycles. The fourth-order valence-electron chi connectivity index (χ4n) is 2.83. The van der Waals surface area contributed by atoms with E-state index in [-0.39, 0.29) is 17.3 Å². The first-order chi connectivity index (χ1) is 25.1. The van der Waals surface area contributed by atoms with E-state index in [2.05, 4.69) is 46.5 Å². The first-order valence-corrected chi connectivity index (χ1v) is 23.4. The number of hydrogen-bond donors (Lipinski definition) is 0. The number of hydrogen-bond acceptors (Lipinski definition) is 8. The summed E-state index contributed by atoms with van der Waals surface area (Å²) >= 11 is 17.3. The highest BCUT2D eigenvalue weighted by Crippen LogP contribution is 2.29. The first kappa shape index (κ1) is 64.4. The molecule has 0 aliphatic carbocycles. The summed E-state index contributed by atoms with van der Waals surface area (Å²) < 4.78 is 72.5. The van der Waals surface area contributed by atoms with Gasteiger partial charge in [-0.05, 0) is 69.2 Å². The summed E-state index contributed by atoms with van der Waals surface area (Å²) in [5.74, 6) is 0. The number of sulfone groups is 1. The van der Waals surface area contributed by atoms with Gasteiger partial charge in [0.05, 0.1) is 30.4 Å². The Kier molecular flexibility index (Phi) is 43.5. The molecule has 14 heteroatoms. The van der Waals surface area contributed by atoms with E-state index < -0.39 is 30.1 Å². The van der Waals surface area contributed by atoms with Gasteiger partial charge in [0.1, 0.15) is 4.90 Å². The van der Waals surface area contributed by atoms with Crippen molar-refractivity contribution >= 4 is 64.9 Å². The molecule has 0 atom stereocenters. The van der Waals surface area contributed by atoms with Crippen molar-refractivity contribution in [3.8, 4) is 0 Å². The van der Waals surface area contributed by atoms with Gasteiger partial charge in [-0.15, -0.1) is 0 Å². The average molecular weight is 891 g/mol. The lowest BCUT2D eigenvalue weighted by atomic mass is 10.2. The van der Waals surface area contributed by atoms with Crippen LogP contribution in [0.4, 0.5) is 0 Å². The maximum Gasteiger partial charge on any atom is 0.298 e. The van der Waals surface area contributed by atoms with Crippen molar-refractivity contribution in [2.75, 3.05) is 26.7 Å². The molecule has 0 radical (unpaired) electrons. The summed E-state index contributed by atoms with van der Waals surface area (Å²) in [5.41, 5.74) is 4.14. The molecule has 0 aliphatic heterocycles. The van der Waals surface area contributed by atoms with Crippen LogP contribution in [0, 0.1) is 27.7 Å². The highest BCUT2D eigenvalue weighted by molar-refractivity contribution is 7.90. The fourth-order valence-corrected chi connectivity index (χ4v) is 5.12. The predicted molar refractivity (Wildman–Crippen MR) is 241 cm³/mol. The molecule has 55 heavy (non-hydrogen) atoms. The van der Waals surface area contributed by atoms with Crippen LogP contribution in [-0.4, -0.2) is 52.0 Å². The van der Waals surface area contributed by atoms with E-state index in [1.165, 1.54) is 35.6 Å². The molecule has 0 N–H and O–H groups in total. The van der Waals surface area contributed by atoms with E-state index in [1.54, 1.807) is 26.0 Å². The topological polar surface area (TPSA) is 121 Å². The van der Waals surface area contributed by atoms with Crippen LogP contribution in [0.25, 0.3) is 0 Å². The normalized spacial score (nSPS) is 9.44. The van der Waals surface area contributed by atoms with E-state index >= 15 is 0 Å². The molecule has 0 saturated carbocycles. The van der Waals surface area contributed by atoms with Gasteiger partial charge in [-0.1, -0.05) is 169 Å². The summed E-state index contributed by atoms with van der Waals surface area (Å²) in [6, 6.07) is 27.9. The Morgan fingerprint density at radius 1 is 0.473 bits per heavy atom. The molecule has 0 unspecified atom stereocenters. The smallest absolute Gasteiger partial charge is 0.274 e. The fraction of sp³-hybridized carbons (Fsp3) is 0.415. The van der Waals surface area contributed by atoms with Crippen LogP contribution < -0.4 is 0 Å². The van der Waals surface area contributed by atoms with Crippen molar-refractivity contribution in [1.29, 1.82) is 0 Å². The minimum absolute atomic E-state index is 0. The van der Waals surface area contributed by atoms with E-state index in [0.29, 0.717) is 20.5 Å². The van der Waals surface area contributed by atoms with Crippen LogP contribution in [0.15, 0.2) is 101 Å². The second kappa shape index (κ2) is 37.1. The molecule has 4 rings (SSSR count). The van der Waals surface area contributed by atoms with Crippen molar-refractivity contribution in [2.24, 2.45) is 0 Å². The highest BCUT2D eigenvalue weighted by Gasteiger charge is 2.18. The zero-order chi connectivity index (χ0) is 43.7. The van der Waals surface area contributed by atoms with Crippen molar-refractivity contribution in [3.63, 3.8) is 0 Å². The standard InChI is InChI=1S/C8H8Cl2O3S.C8H9ClO2S.2C7H8.C2H6O3S.4C2H6.CH4/c1-5-3-7(10)8(4-6(5)9)14(11,12)13-2;1-6-5-7(12(2,10)11)3-4-8(6)9;2*1-7-5-3-2-4-6-7;1-5-6(2,3)4;4*1-2;/h3-4H,1-2H3;3-5H,1-2H3;2*2-6H,1H3;1-2H3;4*1-2H3;1H4.